The van der Waals surface area contributed by atoms with Crippen LogP contribution in [0.4, 0.5) is 0 Å². The van der Waals surface area contributed by atoms with Crippen LogP contribution < -0.4 is 5.32 Å². The third-order valence-electron chi connectivity index (χ3n) is 3.39. The van der Waals surface area contributed by atoms with E-state index in [9.17, 15) is 14.7 Å². The molecule has 1 aromatic rings. The molecule has 0 radical (unpaired) electrons. The number of aliphatic hydroxyl groups is 1. The molecule has 2 rings (SSSR count). The molecule has 20 heavy (non-hydrogen) atoms. The highest BCUT2D eigenvalue weighted by Gasteiger charge is 2.29. The maximum atomic E-state index is 11.9. The van der Waals surface area contributed by atoms with E-state index in [1.54, 1.807) is 17.9 Å². The van der Waals surface area contributed by atoms with Crippen molar-refractivity contribution in [1.29, 1.82) is 0 Å². The average molecular weight is 345 g/mol. The van der Waals surface area contributed by atoms with E-state index in [0.29, 0.717) is 30.6 Å². The van der Waals surface area contributed by atoms with Crippen molar-refractivity contribution >= 4 is 27.7 Å². The van der Waals surface area contributed by atoms with Gasteiger partial charge in [0.05, 0.1) is 12.1 Å². The van der Waals surface area contributed by atoms with E-state index in [0.717, 1.165) is 0 Å². The van der Waals surface area contributed by atoms with Gasteiger partial charge in [0.2, 0.25) is 5.91 Å². The van der Waals surface area contributed by atoms with Gasteiger partial charge >= 0.3 is 0 Å². The van der Waals surface area contributed by atoms with E-state index < -0.39 is 11.5 Å². The van der Waals surface area contributed by atoms with Crippen molar-refractivity contribution in [3.63, 3.8) is 0 Å². The van der Waals surface area contributed by atoms with Crippen molar-refractivity contribution in [3.05, 3.63) is 22.6 Å². The lowest BCUT2D eigenvalue weighted by Gasteiger charge is -2.35. The molecular formula is C13H17BrN2O4. The number of amides is 2. The first-order chi connectivity index (χ1) is 9.37. The number of nitrogens with zero attached hydrogens (tertiary/aromatic N) is 1. The Labute approximate surface area is 125 Å². The summed E-state index contributed by atoms with van der Waals surface area (Å²) in [4.78, 5) is 25.3. The molecule has 2 N–H and O–H groups in total. The zero-order valence-electron chi connectivity index (χ0n) is 11.2. The first-order valence-corrected chi connectivity index (χ1v) is 7.20. The van der Waals surface area contributed by atoms with Crippen molar-refractivity contribution in [3.8, 4) is 0 Å². The fourth-order valence-corrected chi connectivity index (χ4v) is 2.34. The van der Waals surface area contributed by atoms with Crippen molar-refractivity contribution in [1.82, 2.24) is 10.2 Å². The van der Waals surface area contributed by atoms with Gasteiger partial charge in [-0.3, -0.25) is 9.59 Å². The SMILES string of the molecule is CC1(O)CCN(C(=O)CNC(=O)c2ccc(Br)o2)CC1. The predicted molar refractivity (Wildman–Crippen MR) is 75.2 cm³/mol. The molecule has 7 heteroatoms. The maximum absolute atomic E-state index is 11.9. The van der Waals surface area contributed by atoms with Gasteiger partial charge in [0.15, 0.2) is 10.4 Å². The number of carbonyl (C=O) groups is 2. The summed E-state index contributed by atoms with van der Waals surface area (Å²) in [5.74, 6) is -0.418. The van der Waals surface area contributed by atoms with Crippen molar-refractivity contribution in [2.24, 2.45) is 0 Å². The molecule has 0 spiro atoms. The Morgan fingerprint density at radius 1 is 1.45 bits per heavy atom. The molecule has 0 aliphatic carbocycles. The molecule has 1 aliphatic heterocycles. The second-order valence-electron chi connectivity index (χ2n) is 5.16. The summed E-state index contributed by atoms with van der Waals surface area (Å²) in [5.41, 5.74) is -0.694. The van der Waals surface area contributed by atoms with E-state index in [1.807, 2.05) is 0 Å². The van der Waals surface area contributed by atoms with E-state index in [-0.39, 0.29) is 18.2 Å². The van der Waals surface area contributed by atoms with Gasteiger partial charge in [0, 0.05) is 13.1 Å². The largest absolute Gasteiger partial charge is 0.444 e. The van der Waals surface area contributed by atoms with Gasteiger partial charge in [-0.15, -0.1) is 0 Å². The Kier molecular flexibility index (Phi) is 4.49. The van der Waals surface area contributed by atoms with Crippen molar-refractivity contribution in [2.45, 2.75) is 25.4 Å². The van der Waals surface area contributed by atoms with Gasteiger partial charge < -0.3 is 19.7 Å². The molecule has 6 nitrogen and oxygen atoms in total. The zero-order valence-corrected chi connectivity index (χ0v) is 12.8. The molecule has 110 valence electrons. The standard InChI is InChI=1S/C13H17BrN2O4/c1-13(19)4-6-16(7-5-13)11(17)8-15-12(18)9-2-3-10(14)20-9/h2-3,19H,4-8H2,1H3,(H,15,18). The number of likely N-dealkylation sites (tertiary alicyclic amines) is 1. The summed E-state index contributed by atoms with van der Waals surface area (Å²) in [6.45, 7) is 2.71. The van der Waals surface area contributed by atoms with Crippen LogP contribution in [0, 0.1) is 0 Å². The maximum Gasteiger partial charge on any atom is 0.287 e. The van der Waals surface area contributed by atoms with Gasteiger partial charge in [-0.25, -0.2) is 0 Å². The summed E-state index contributed by atoms with van der Waals surface area (Å²) < 4.78 is 5.56. The van der Waals surface area contributed by atoms with Crippen LogP contribution in [0.1, 0.15) is 30.3 Å². The predicted octanol–water partition coefficient (Wildman–Crippen LogP) is 1.15. The summed E-state index contributed by atoms with van der Waals surface area (Å²) in [6.07, 6.45) is 1.11. The Morgan fingerprint density at radius 3 is 2.65 bits per heavy atom. The van der Waals surface area contributed by atoms with Gasteiger partial charge in [0.1, 0.15) is 0 Å². The van der Waals surface area contributed by atoms with E-state index in [4.69, 9.17) is 4.42 Å². The molecule has 0 saturated carbocycles. The molecule has 2 heterocycles. The molecule has 0 unspecified atom stereocenters. The minimum atomic E-state index is -0.694. The highest BCUT2D eigenvalue weighted by molar-refractivity contribution is 9.10. The van der Waals surface area contributed by atoms with Crippen LogP contribution in [-0.4, -0.2) is 47.1 Å². The first-order valence-electron chi connectivity index (χ1n) is 6.41. The highest BCUT2D eigenvalue weighted by Crippen LogP contribution is 2.20. The Morgan fingerprint density at radius 2 is 2.10 bits per heavy atom. The van der Waals surface area contributed by atoms with E-state index in [2.05, 4.69) is 21.2 Å². The normalized spacial score (nSPS) is 17.9. The van der Waals surface area contributed by atoms with Gasteiger partial charge in [-0.1, -0.05) is 0 Å². The van der Waals surface area contributed by atoms with Crippen LogP contribution in [0.5, 0.6) is 0 Å². The third kappa shape index (κ3) is 3.83. The van der Waals surface area contributed by atoms with Gasteiger partial charge in [0.25, 0.3) is 5.91 Å². The van der Waals surface area contributed by atoms with Crippen LogP contribution in [-0.2, 0) is 4.79 Å². The highest BCUT2D eigenvalue weighted by atomic mass is 79.9. The monoisotopic (exact) mass is 344 g/mol. The van der Waals surface area contributed by atoms with Gasteiger partial charge in [-0.2, -0.15) is 0 Å². The van der Waals surface area contributed by atoms with Crippen LogP contribution in [0.2, 0.25) is 0 Å². The quantitative estimate of drug-likeness (QED) is 0.861. The van der Waals surface area contributed by atoms with Crippen LogP contribution in [0.15, 0.2) is 21.2 Å². The molecule has 0 atom stereocenters. The van der Waals surface area contributed by atoms with Gasteiger partial charge in [-0.05, 0) is 47.8 Å². The van der Waals surface area contributed by atoms with Crippen LogP contribution in [0.25, 0.3) is 0 Å². The summed E-state index contributed by atoms with van der Waals surface area (Å²) >= 11 is 3.11. The van der Waals surface area contributed by atoms with Crippen LogP contribution in [0.3, 0.4) is 0 Å². The topological polar surface area (TPSA) is 82.8 Å². The zero-order chi connectivity index (χ0) is 14.8. The Hall–Kier alpha value is -1.34. The lowest BCUT2D eigenvalue weighted by molar-refractivity contribution is -0.133. The molecule has 1 fully saturated rings. The van der Waals surface area contributed by atoms with E-state index in [1.165, 1.54) is 6.07 Å². The molecule has 0 aromatic carbocycles. The number of nitrogens with one attached hydrogen (secondary N) is 1. The number of rotatable bonds is 3. The van der Waals surface area contributed by atoms with Crippen molar-refractivity contribution in [2.75, 3.05) is 19.6 Å². The number of halogens is 1. The summed E-state index contributed by atoms with van der Waals surface area (Å²) in [7, 11) is 0. The van der Waals surface area contributed by atoms with Crippen LogP contribution >= 0.6 is 15.9 Å². The molecule has 1 saturated heterocycles. The molecule has 1 aromatic heterocycles. The number of furan rings is 1. The molecular weight excluding hydrogens is 328 g/mol. The summed E-state index contributed by atoms with van der Waals surface area (Å²) in [5, 5.41) is 12.3. The number of piperidine rings is 1. The smallest absolute Gasteiger partial charge is 0.287 e. The lowest BCUT2D eigenvalue weighted by Crippen LogP contribution is -2.48. The second-order valence-corrected chi connectivity index (χ2v) is 5.95. The Balaban J connectivity index is 1.79. The minimum Gasteiger partial charge on any atom is -0.444 e. The number of carbonyl (C=O) groups excluding carboxylic acids is 2. The molecule has 0 bridgehead atoms. The van der Waals surface area contributed by atoms with Crippen molar-refractivity contribution < 1.29 is 19.1 Å². The van der Waals surface area contributed by atoms with E-state index >= 15 is 0 Å². The fraction of sp³-hybridized carbons (Fsp3) is 0.538. The minimum absolute atomic E-state index is 0.0701. The fourth-order valence-electron chi connectivity index (χ4n) is 2.03. The second kappa shape index (κ2) is 5.97. The third-order valence-corrected chi connectivity index (χ3v) is 3.82. The first kappa shape index (κ1) is 15.1. The number of hydrogen-bond acceptors (Lipinski definition) is 4. The average Bonchev–Trinajstić information content (AvgIpc) is 2.82. The molecule has 2 amide bonds. The molecule has 1 aliphatic rings. The number of hydrogen-bond donors (Lipinski definition) is 2. The Bertz CT molecular complexity index is 502. The summed E-state index contributed by atoms with van der Waals surface area (Å²) in [6, 6.07) is 3.14. The lowest BCUT2D eigenvalue weighted by atomic mass is 9.94.